The minimum Gasteiger partial charge on any atom is -0.309 e. The molecule has 0 atom stereocenters. The fourth-order valence-corrected chi connectivity index (χ4v) is 2.89. The summed E-state index contributed by atoms with van der Waals surface area (Å²) < 4.78 is 15.2. The number of hydrogen-bond acceptors (Lipinski definition) is 1. The molecule has 0 heterocycles. The van der Waals surface area contributed by atoms with Gasteiger partial charge in [-0.1, -0.05) is 28.1 Å². The van der Waals surface area contributed by atoms with E-state index in [1.54, 1.807) is 43.4 Å². The number of amides is 1. The molecule has 0 fully saturated rings. The summed E-state index contributed by atoms with van der Waals surface area (Å²) >= 11 is 6.66. The number of nitrogens with zero attached hydrogens (tertiary/aromatic N) is 1. The zero-order chi connectivity index (χ0) is 14.0. The highest BCUT2D eigenvalue weighted by molar-refractivity contribution is 9.11. The van der Waals surface area contributed by atoms with Gasteiger partial charge in [0.25, 0.3) is 5.91 Å². The zero-order valence-electron chi connectivity index (χ0n) is 10.0. The molecular weight excluding hydrogens is 377 g/mol. The van der Waals surface area contributed by atoms with Crippen molar-refractivity contribution in [2.75, 3.05) is 11.9 Å². The number of rotatable bonds is 2. The number of hydrogen-bond donors (Lipinski definition) is 0. The van der Waals surface area contributed by atoms with Crippen LogP contribution in [0.3, 0.4) is 0 Å². The molecule has 0 bridgehead atoms. The van der Waals surface area contributed by atoms with Crippen LogP contribution in [-0.4, -0.2) is 13.0 Å². The largest absolute Gasteiger partial charge is 0.309 e. The molecular formula is C14H10Br2FNO. The van der Waals surface area contributed by atoms with Crippen LogP contribution >= 0.6 is 31.9 Å². The van der Waals surface area contributed by atoms with Crippen LogP contribution in [0.5, 0.6) is 0 Å². The highest BCUT2D eigenvalue weighted by atomic mass is 79.9. The normalized spacial score (nSPS) is 10.3. The van der Waals surface area contributed by atoms with Gasteiger partial charge in [-0.3, -0.25) is 4.79 Å². The molecule has 0 radical (unpaired) electrons. The lowest BCUT2D eigenvalue weighted by Crippen LogP contribution is -2.27. The van der Waals surface area contributed by atoms with E-state index in [2.05, 4.69) is 31.9 Å². The van der Waals surface area contributed by atoms with Gasteiger partial charge in [-0.05, 0) is 46.3 Å². The van der Waals surface area contributed by atoms with E-state index in [0.717, 1.165) is 4.47 Å². The predicted octanol–water partition coefficient (Wildman–Crippen LogP) is 4.63. The Kier molecular flexibility index (Phi) is 4.37. The Bertz CT molecular complexity index is 631. The molecule has 98 valence electrons. The summed E-state index contributed by atoms with van der Waals surface area (Å²) in [5.74, 6) is -0.698. The van der Waals surface area contributed by atoms with Crippen molar-refractivity contribution in [3.05, 3.63) is 62.8 Å². The molecule has 0 aliphatic rings. The molecule has 0 unspecified atom stereocenters. The number of carbonyl (C=O) groups is 1. The first-order chi connectivity index (χ1) is 9.00. The summed E-state index contributed by atoms with van der Waals surface area (Å²) in [6.45, 7) is 0. The van der Waals surface area contributed by atoms with Crippen molar-refractivity contribution in [1.29, 1.82) is 0 Å². The molecule has 2 nitrogen and oxygen atoms in total. The van der Waals surface area contributed by atoms with E-state index in [1.165, 1.54) is 11.0 Å². The number of benzene rings is 2. The van der Waals surface area contributed by atoms with Gasteiger partial charge in [0.05, 0.1) is 11.3 Å². The van der Waals surface area contributed by atoms with Crippen molar-refractivity contribution in [2.24, 2.45) is 0 Å². The molecule has 5 heteroatoms. The molecule has 0 aliphatic carbocycles. The standard InChI is InChI=1S/C14H10Br2FNO/c1-18(13-5-3-2-4-12(13)17)14(19)10-7-6-9(15)8-11(10)16/h2-8H,1H3. The van der Waals surface area contributed by atoms with Crippen LogP contribution in [0.25, 0.3) is 0 Å². The van der Waals surface area contributed by atoms with Gasteiger partial charge in [0.15, 0.2) is 0 Å². The van der Waals surface area contributed by atoms with Crippen LogP contribution < -0.4 is 4.90 Å². The van der Waals surface area contributed by atoms with Gasteiger partial charge in [0.1, 0.15) is 5.82 Å². The Labute approximate surface area is 127 Å². The maximum atomic E-state index is 13.7. The van der Waals surface area contributed by atoms with Gasteiger partial charge in [0, 0.05) is 16.0 Å². The van der Waals surface area contributed by atoms with E-state index in [-0.39, 0.29) is 11.6 Å². The van der Waals surface area contributed by atoms with Gasteiger partial charge < -0.3 is 4.90 Å². The second-order valence-electron chi connectivity index (χ2n) is 3.94. The van der Waals surface area contributed by atoms with Crippen molar-refractivity contribution in [1.82, 2.24) is 0 Å². The number of halogens is 3. The fourth-order valence-electron chi connectivity index (χ4n) is 1.68. The molecule has 0 N–H and O–H groups in total. The van der Waals surface area contributed by atoms with Crippen molar-refractivity contribution >= 4 is 43.5 Å². The zero-order valence-corrected chi connectivity index (χ0v) is 13.2. The average molecular weight is 387 g/mol. The maximum absolute atomic E-state index is 13.7. The first-order valence-corrected chi connectivity index (χ1v) is 7.07. The Morgan fingerprint density at radius 3 is 2.47 bits per heavy atom. The van der Waals surface area contributed by atoms with Crippen molar-refractivity contribution in [3.8, 4) is 0 Å². The molecule has 2 aromatic rings. The number of carbonyl (C=O) groups excluding carboxylic acids is 1. The molecule has 0 aliphatic heterocycles. The van der Waals surface area contributed by atoms with E-state index < -0.39 is 5.82 Å². The third-order valence-corrected chi connectivity index (χ3v) is 3.83. The van der Waals surface area contributed by atoms with Gasteiger partial charge in [-0.2, -0.15) is 0 Å². The van der Waals surface area contributed by atoms with Gasteiger partial charge in [-0.15, -0.1) is 0 Å². The Morgan fingerprint density at radius 2 is 1.84 bits per heavy atom. The first-order valence-electron chi connectivity index (χ1n) is 5.48. The minimum absolute atomic E-state index is 0.252. The summed E-state index contributed by atoms with van der Waals surface area (Å²) in [7, 11) is 1.55. The van der Waals surface area contributed by atoms with Crippen LogP contribution in [0.15, 0.2) is 51.4 Å². The second kappa shape index (κ2) is 5.84. The fraction of sp³-hybridized carbons (Fsp3) is 0.0714. The van der Waals surface area contributed by atoms with E-state index >= 15 is 0 Å². The molecule has 19 heavy (non-hydrogen) atoms. The van der Waals surface area contributed by atoms with Crippen molar-refractivity contribution in [3.63, 3.8) is 0 Å². The summed E-state index contributed by atoms with van der Waals surface area (Å²) in [4.78, 5) is 13.6. The minimum atomic E-state index is -0.424. The molecule has 0 spiro atoms. The summed E-state index contributed by atoms with van der Waals surface area (Å²) in [5.41, 5.74) is 0.733. The van der Waals surface area contributed by atoms with Gasteiger partial charge >= 0.3 is 0 Å². The Balaban J connectivity index is 2.37. The third-order valence-electron chi connectivity index (χ3n) is 2.68. The quantitative estimate of drug-likeness (QED) is 0.736. The van der Waals surface area contributed by atoms with Crippen LogP contribution in [0, 0.1) is 5.82 Å². The van der Waals surface area contributed by atoms with Crippen molar-refractivity contribution in [2.45, 2.75) is 0 Å². The Hall–Kier alpha value is -1.20. The SMILES string of the molecule is CN(C(=O)c1ccc(Br)cc1Br)c1ccccc1F. The summed E-state index contributed by atoms with van der Waals surface area (Å²) in [5, 5.41) is 0. The Morgan fingerprint density at radius 1 is 1.16 bits per heavy atom. The van der Waals surface area contributed by atoms with E-state index in [9.17, 15) is 9.18 Å². The summed E-state index contributed by atoms with van der Waals surface area (Å²) in [6.07, 6.45) is 0. The highest BCUT2D eigenvalue weighted by Gasteiger charge is 2.18. The average Bonchev–Trinajstić information content (AvgIpc) is 2.38. The second-order valence-corrected chi connectivity index (χ2v) is 5.71. The summed E-state index contributed by atoms with van der Waals surface area (Å²) in [6, 6.07) is 11.4. The lowest BCUT2D eigenvalue weighted by molar-refractivity contribution is 0.0991. The van der Waals surface area contributed by atoms with Crippen LogP contribution in [0.4, 0.5) is 10.1 Å². The van der Waals surface area contributed by atoms with E-state index in [0.29, 0.717) is 10.0 Å². The van der Waals surface area contributed by atoms with Crippen LogP contribution in [-0.2, 0) is 0 Å². The molecule has 0 saturated heterocycles. The predicted molar refractivity (Wildman–Crippen MR) is 81.0 cm³/mol. The third kappa shape index (κ3) is 3.04. The monoisotopic (exact) mass is 385 g/mol. The van der Waals surface area contributed by atoms with E-state index in [4.69, 9.17) is 0 Å². The first kappa shape index (κ1) is 14.2. The van der Waals surface area contributed by atoms with Crippen LogP contribution in [0.2, 0.25) is 0 Å². The van der Waals surface area contributed by atoms with Crippen molar-refractivity contribution < 1.29 is 9.18 Å². The molecule has 2 rings (SSSR count). The topological polar surface area (TPSA) is 20.3 Å². The number of para-hydroxylation sites is 1. The van der Waals surface area contributed by atoms with Gasteiger partial charge in [-0.25, -0.2) is 4.39 Å². The lowest BCUT2D eigenvalue weighted by Gasteiger charge is -2.18. The molecule has 1 amide bonds. The highest BCUT2D eigenvalue weighted by Crippen LogP contribution is 2.25. The van der Waals surface area contributed by atoms with E-state index in [1.807, 2.05) is 0 Å². The maximum Gasteiger partial charge on any atom is 0.259 e. The molecule has 0 aromatic heterocycles. The smallest absolute Gasteiger partial charge is 0.259 e. The molecule has 0 saturated carbocycles. The number of anilines is 1. The van der Waals surface area contributed by atoms with Gasteiger partial charge in [0.2, 0.25) is 0 Å². The van der Waals surface area contributed by atoms with Crippen LogP contribution in [0.1, 0.15) is 10.4 Å². The lowest BCUT2D eigenvalue weighted by atomic mass is 10.2. The molecule has 2 aromatic carbocycles.